The van der Waals surface area contributed by atoms with Crippen LogP contribution in [0.1, 0.15) is 33.1 Å². The normalized spacial score (nSPS) is 10.7. The summed E-state index contributed by atoms with van der Waals surface area (Å²) in [7, 11) is 0. The predicted octanol–water partition coefficient (Wildman–Crippen LogP) is 1.82. The lowest BCUT2D eigenvalue weighted by Gasteiger charge is -2.05. The van der Waals surface area contributed by atoms with Gasteiger partial charge in [0, 0.05) is 26.4 Å². The van der Waals surface area contributed by atoms with E-state index in [1.165, 1.54) is 6.42 Å². The summed E-state index contributed by atoms with van der Waals surface area (Å²) in [5.74, 6) is 0. The molecule has 14 heavy (non-hydrogen) atoms. The molecule has 0 saturated heterocycles. The molecule has 0 amide bonds. The van der Waals surface area contributed by atoms with Gasteiger partial charge in [0.25, 0.3) is 0 Å². The lowest BCUT2D eigenvalue weighted by Crippen LogP contribution is -2.21. The molecule has 0 unspecified atom stereocenters. The van der Waals surface area contributed by atoms with Crippen molar-refractivity contribution in [3.8, 4) is 0 Å². The van der Waals surface area contributed by atoms with E-state index >= 15 is 0 Å². The van der Waals surface area contributed by atoms with Gasteiger partial charge in [0.1, 0.15) is 0 Å². The Bertz CT molecular complexity index is 87.3. The van der Waals surface area contributed by atoms with Gasteiger partial charge < -0.3 is 14.8 Å². The second kappa shape index (κ2) is 12.9. The van der Waals surface area contributed by atoms with Crippen LogP contribution in [-0.2, 0) is 9.47 Å². The van der Waals surface area contributed by atoms with Crippen LogP contribution >= 0.6 is 0 Å². The first-order chi connectivity index (χ1) is 6.91. The largest absolute Gasteiger partial charge is 0.382 e. The number of unbranched alkanes of at least 4 members (excludes halogenated alkanes) is 1. The van der Waals surface area contributed by atoms with E-state index in [0.29, 0.717) is 0 Å². The highest BCUT2D eigenvalue weighted by Gasteiger charge is 1.89. The predicted molar refractivity (Wildman–Crippen MR) is 59.7 cm³/mol. The van der Waals surface area contributed by atoms with E-state index in [9.17, 15) is 0 Å². The minimum atomic E-state index is 0.832. The zero-order valence-electron chi connectivity index (χ0n) is 9.68. The Morgan fingerprint density at radius 1 is 0.857 bits per heavy atom. The van der Waals surface area contributed by atoms with Crippen LogP contribution in [0.3, 0.4) is 0 Å². The Labute approximate surface area is 88.2 Å². The Balaban J connectivity index is 2.78. The summed E-state index contributed by atoms with van der Waals surface area (Å²) in [6, 6.07) is 0. The van der Waals surface area contributed by atoms with Gasteiger partial charge in [0.2, 0.25) is 0 Å². The van der Waals surface area contributed by atoms with E-state index in [0.717, 1.165) is 52.4 Å². The first-order valence-corrected chi connectivity index (χ1v) is 5.78. The number of ether oxygens (including phenoxy) is 2. The van der Waals surface area contributed by atoms with E-state index < -0.39 is 0 Å². The summed E-state index contributed by atoms with van der Waals surface area (Å²) in [4.78, 5) is 0. The Morgan fingerprint density at radius 3 is 2.43 bits per heavy atom. The molecular formula is C11H25NO2. The molecule has 0 fully saturated rings. The van der Waals surface area contributed by atoms with Crippen LogP contribution in [0, 0.1) is 0 Å². The fourth-order valence-electron chi connectivity index (χ4n) is 1.11. The van der Waals surface area contributed by atoms with Crippen molar-refractivity contribution in [1.82, 2.24) is 5.32 Å². The van der Waals surface area contributed by atoms with Gasteiger partial charge in [0.05, 0.1) is 6.61 Å². The third kappa shape index (κ3) is 11.9. The van der Waals surface area contributed by atoms with E-state index in [1.54, 1.807) is 0 Å². The summed E-state index contributed by atoms with van der Waals surface area (Å²) in [5, 5.41) is 3.34. The Hall–Kier alpha value is -0.120. The minimum Gasteiger partial charge on any atom is -0.382 e. The van der Waals surface area contributed by atoms with Crippen LogP contribution in [0.4, 0.5) is 0 Å². The molecule has 0 bridgehead atoms. The fourth-order valence-corrected chi connectivity index (χ4v) is 1.11. The molecule has 0 aromatic carbocycles. The molecule has 3 heteroatoms. The first kappa shape index (κ1) is 13.9. The minimum absolute atomic E-state index is 0.832. The summed E-state index contributed by atoms with van der Waals surface area (Å²) >= 11 is 0. The number of hydrogen-bond acceptors (Lipinski definition) is 3. The molecule has 0 heterocycles. The molecule has 0 aliphatic carbocycles. The summed E-state index contributed by atoms with van der Waals surface area (Å²) in [5.41, 5.74) is 0. The van der Waals surface area contributed by atoms with Crippen molar-refractivity contribution in [2.45, 2.75) is 33.1 Å². The number of rotatable bonds is 11. The van der Waals surface area contributed by atoms with Crippen molar-refractivity contribution in [1.29, 1.82) is 0 Å². The van der Waals surface area contributed by atoms with Crippen LogP contribution in [0.5, 0.6) is 0 Å². The molecule has 1 N–H and O–H groups in total. The van der Waals surface area contributed by atoms with Crippen molar-refractivity contribution in [3.05, 3.63) is 0 Å². The fraction of sp³-hybridized carbons (Fsp3) is 1.00. The van der Waals surface area contributed by atoms with Crippen LogP contribution in [-0.4, -0.2) is 39.5 Å². The molecule has 86 valence electrons. The van der Waals surface area contributed by atoms with Crippen molar-refractivity contribution < 1.29 is 9.47 Å². The molecule has 0 radical (unpaired) electrons. The topological polar surface area (TPSA) is 30.5 Å². The molecule has 0 aromatic heterocycles. The zero-order chi connectivity index (χ0) is 10.5. The van der Waals surface area contributed by atoms with Crippen molar-refractivity contribution in [2.24, 2.45) is 0 Å². The van der Waals surface area contributed by atoms with E-state index in [4.69, 9.17) is 9.47 Å². The van der Waals surface area contributed by atoms with Gasteiger partial charge in [-0.2, -0.15) is 0 Å². The van der Waals surface area contributed by atoms with Gasteiger partial charge in [-0.25, -0.2) is 0 Å². The lowest BCUT2D eigenvalue weighted by molar-refractivity contribution is 0.134. The van der Waals surface area contributed by atoms with Crippen LogP contribution in [0.15, 0.2) is 0 Å². The van der Waals surface area contributed by atoms with Gasteiger partial charge in [-0.15, -0.1) is 0 Å². The number of hydrogen-bond donors (Lipinski definition) is 1. The van der Waals surface area contributed by atoms with Gasteiger partial charge in [-0.1, -0.05) is 6.92 Å². The maximum atomic E-state index is 5.34. The van der Waals surface area contributed by atoms with E-state index in [1.807, 2.05) is 6.92 Å². The van der Waals surface area contributed by atoms with Gasteiger partial charge in [-0.3, -0.25) is 0 Å². The molecule has 3 nitrogen and oxygen atoms in total. The average molecular weight is 203 g/mol. The molecule has 0 saturated carbocycles. The highest BCUT2D eigenvalue weighted by Crippen LogP contribution is 1.88. The molecule has 0 rings (SSSR count). The third-order valence-corrected chi connectivity index (χ3v) is 1.87. The van der Waals surface area contributed by atoms with Crippen molar-refractivity contribution in [3.63, 3.8) is 0 Å². The first-order valence-electron chi connectivity index (χ1n) is 5.78. The van der Waals surface area contributed by atoms with E-state index in [-0.39, 0.29) is 0 Å². The Morgan fingerprint density at radius 2 is 1.71 bits per heavy atom. The quantitative estimate of drug-likeness (QED) is 0.520. The van der Waals surface area contributed by atoms with E-state index in [2.05, 4.69) is 12.2 Å². The van der Waals surface area contributed by atoms with Crippen LogP contribution < -0.4 is 5.32 Å². The molecule has 0 spiro atoms. The highest BCUT2D eigenvalue weighted by molar-refractivity contribution is 4.47. The smallest absolute Gasteiger partial charge is 0.0590 e. The zero-order valence-corrected chi connectivity index (χ0v) is 9.68. The molecular weight excluding hydrogens is 178 g/mol. The van der Waals surface area contributed by atoms with Gasteiger partial charge in [-0.05, 0) is 32.7 Å². The summed E-state index contributed by atoms with van der Waals surface area (Å²) in [6.07, 6.45) is 3.44. The summed E-state index contributed by atoms with van der Waals surface area (Å²) < 4.78 is 10.6. The standard InChI is InChI=1S/C11H25NO2/c1-3-9-14-11-8-12-7-5-6-10-13-4-2/h12H,3-11H2,1-2H3. The maximum absolute atomic E-state index is 5.34. The van der Waals surface area contributed by atoms with Gasteiger partial charge in [0.15, 0.2) is 0 Å². The molecule has 0 atom stereocenters. The highest BCUT2D eigenvalue weighted by atomic mass is 16.5. The van der Waals surface area contributed by atoms with Gasteiger partial charge >= 0.3 is 0 Å². The van der Waals surface area contributed by atoms with Crippen molar-refractivity contribution >= 4 is 0 Å². The lowest BCUT2D eigenvalue weighted by atomic mass is 10.3. The van der Waals surface area contributed by atoms with Crippen molar-refractivity contribution in [2.75, 3.05) is 39.5 Å². The average Bonchev–Trinajstić information content (AvgIpc) is 2.21. The molecule has 0 aliphatic rings. The SMILES string of the molecule is CCCOCCNCCCCOCC. The summed E-state index contributed by atoms with van der Waals surface area (Å²) in [6.45, 7) is 9.63. The van der Waals surface area contributed by atoms with Crippen LogP contribution in [0.25, 0.3) is 0 Å². The monoisotopic (exact) mass is 203 g/mol. The second-order valence-corrected chi connectivity index (χ2v) is 3.27. The molecule has 0 aromatic rings. The second-order valence-electron chi connectivity index (χ2n) is 3.27. The third-order valence-electron chi connectivity index (χ3n) is 1.87. The molecule has 0 aliphatic heterocycles. The number of nitrogens with one attached hydrogen (secondary N) is 1. The maximum Gasteiger partial charge on any atom is 0.0590 e. The Kier molecular flexibility index (Phi) is 12.8. The van der Waals surface area contributed by atoms with Crippen LogP contribution in [0.2, 0.25) is 0 Å².